The van der Waals surface area contributed by atoms with Crippen molar-refractivity contribution in [1.29, 1.82) is 0 Å². The highest BCUT2D eigenvalue weighted by atomic mass is 79.9. The van der Waals surface area contributed by atoms with Crippen molar-refractivity contribution >= 4 is 21.7 Å². The molecule has 88 valence electrons. The molecular weight excluding hydrogens is 266 g/mol. The van der Waals surface area contributed by atoms with Gasteiger partial charge in [0.25, 0.3) is 0 Å². The molecule has 1 aromatic heterocycles. The number of nitrogens with two attached hydrogens (primary N) is 1. The van der Waals surface area contributed by atoms with E-state index in [1.54, 1.807) is 0 Å². The predicted molar refractivity (Wildman–Crippen MR) is 70.5 cm³/mol. The van der Waals surface area contributed by atoms with Gasteiger partial charge in [-0.2, -0.15) is 0 Å². The van der Waals surface area contributed by atoms with Crippen LogP contribution >= 0.6 is 15.9 Å². The Morgan fingerprint density at radius 2 is 2.38 bits per heavy atom. The molecule has 16 heavy (non-hydrogen) atoms. The largest absolute Gasteiger partial charge is 0.370 e. The Labute approximate surface area is 105 Å². The quantitative estimate of drug-likeness (QED) is 0.897. The number of rotatable bonds is 3. The van der Waals surface area contributed by atoms with E-state index in [-0.39, 0.29) is 0 Å². The fourth-order valence-corrected chi connectivity index (χ4v) is 2.40. The maximum absolute atomic E-state index is 5.89. The standard InChI is InChI=1S/C12H18BrN3/c1-8-4-12(16-7-11(8)13)15-6-9-2-3-10(14)5-9/h4,7,9-10H,2-3,5-6,14H2,1H3,(H,15,16). The third-order valence-electron chi connectivity index (χ3n) is 3.20. The lowest BCUT2D eigenvalue weighted by Gasteiger charge is -2.12. The smallest absolute Gasteiger partial charge is 0.126 e. The van der Waals surface area contributed by atoms with Gasteiger partial charge in [0, 0.05) is 23.3 Å². The van der Waals surface area contributed by atoms with Gasteiger partial charge in [0.2, 0.25) is 0 Å². The van der Waals surface area contributed by atoms with Gasteiger partial charge in [-0.15, -0.1) is 0 Å². The Hall–Kier alpha value is -0.610. The van der Waals surface area contributed by atoms with Crippen molar-refractivity contribution < 1.29 is 0 Å². The zero-order chi connectivity index (χ0) is 11.5. The highest BCUT2D eigenvalue weighted by Gasteiger charge is 2.21. The maximum atomic E-state index is 5.89. The molecule has 0 spiro atoms. The third kappa shape index (κ3) is 2.95. The summed E-state index contributed by atoms with van der Waals surface area (Å²) in [5.41, 5.74) is 7.10. The lowest BCUT2D eigenvalue weighted by Crippen LogP contribution is -2.18. The van der Waals surface area contributed by atoms with Crippen LogP contribution in [0.2, 0.25) is 0 Å². The van der Waals surface area contributed by atoms with Crippen LogP contribution in [0.5, 0.6) is 0 Å². The van der Waals surface area contributed by atoms with Crippen molar-refractivity contribution in [2.24, 2.45) is 11.7 Å². The number of nitrogens with one attached hydrogen (secondary N) is 1. The minimum absolute atomic E-state index is 0.409. The molecule has 0 saturated heterocycles. The first-order valence-electron chi connectivity index (χ1n) is 5.76. The fourth-order valence-electron chi connectivity index (χ4n) is 2.18. The van der Waals surface area contributed by atoms with Gasteiger partial charge in [0.1, 0.15) is 5.82 Å². The van der Waals surface area contributed by atoms with E-state index >= 15 is 0 Å². The molecular formula is C12H18BrN3. The van der Waals surface area contributed by atoms with E-state index in [4.69, 9.17) is 5.73 Å². The van der Waals surface area contributed by atoms with E-state index in [0.717, 1.165) is 23.3 Å². The predicted octanol–water partition coefficient (Wildman–Crippen LogP) is 2.69. The Balaban J connectivity index is 1.87. The van der Waals surface area contributed by atoms with E-state index in [1.807, 2.05) is 6.20 Å². The summed E-state index contributed by atoms with van der Waals surface area (Å²) >= 11 is 3.45. The molecule has 0 aliphatic heterocycles. The van der Waals surface area contributed by atoms with Crippen molar-refractivity contribution in [2.45, 2.75) is 32.2 Å². The molecule has 1 aliphatic rings. The summed E-state index contributed by atoms with van der Waals surface area (Å²) in [6.45, 7) is 3.06. The monoisotopic (exact) mass is 283 g/mol. The van der Waals surface area contributed by atoms with E-state index in [2.05, 4.69) is 39.2 Å². The molecule has 1 aliphatic carbocycles. The molecule has 1 fully saturated rings. The summed E-state index contributed by atoms with van der Waals surface area (Å²) in [6, 6.07) is 2.48. The summed E-state index contributed by atoms with van der Waals surface area (Å²) in [4.78, 5) is 4.33. The molecule has 0 aromatic carbocycles. The molecule has 4 heteroatoms. The minimum atomic E-state index is 0.409. The van der Waals surface area contributed by atoms with Gasteiger partial charge in [-0.25, -0.2) is 4.98 Å². The Morgan fingerprint density at radius 3 is 3.00 bits per heavy atom. The van der Waals surface area contributed by atoms with Crippen LogP contribution in [-0.4, -0.2) is 17.6 Å². The van der Waals surface area contributed by atoms with E-state index < -0.39 is 0 Å². The summed E-state index contributed by atoms with van der Waals surface area (Å²) in [5, 5.41) is 3.39. The van der Waals surface area contributed by atoms with Crippen molar-refractivity contribution in [3.8, 4) is 0 Å². The average Bonchev–Trinajstić information content (AvgIpc) is 2.66. The number of hydrogen-bond acceptors (Lipinski definition) is 3. The van der Waals surface area contributed by atoms with E-state index in [9.17, 15) is 0 Å². The fraction of sp³-hybridized carbons (Fsp3) is 0.583. The molecule has 2 atom stereocenters. The molecule has 0 radical (unpaired) electrons. The Bertz CT molecular complexity index is 367. The van der Waals surface area contributed by atoms with Crippen LogP contribution < -0.4 is 11.1 Å². The van der Waals surface area contributed by atoms with Gasteiger partial charge in [0.15, 0.2) is 0 Å². The van der Waals surface area contributed by atoms with Crippen molar-refractivity contribution in [1.82, 2.24) is 4.98 Å². The van der Waals surface area contributed by atoms with Crippen LogP contribution in [0.15, 0.2) is 16.7 Å². The number of aryl methyl sites for hydroxylation is 1. The van der Waals surface area contributed by atoms with Crippen LogP contribution in [-0.2, 0) is 0 Å². The number of anilines is 1. The first-order valence-corrected chi connectivity index (χ1v) is 6.56. The summed E-state index contributed by atoms with van der Waals surface area (Å²) in [5.74, 6) is 1.67. The highest BCUT2D eigenvalue weighted by molar-refractivity contribution is 9.10. The Kier molecular flexibility index (Phi) is 3.82. The van der Waals surface area contributed by atoms with Crippen LogP contribution in [0.4, 0.5) is 5.82 Å². The second-order valence-electron chi connectivity index (χ2n) is 4.64. The van der Waals surface area contributed by atoms with Crippen LogP contribution in [0.25, 0.3) is 0 Å². The number of aromatic nitrogens is 1. The second kappa shape index (κ2) is 5.15. The third-order valence-corrected chi connectivity index (χ3v) is 4.03. The zero-order valence-corrected chi connectivity index (χ0v) is 11.1. The molecule has 1 saturated carbocycles. The van der Waals surface area contributed by atoms with Crippen LogP contribution in [0.1, 0.15) is 24.8 Å². The molecule has 0 amide bonds. The molecule has 1 aromatic rings. The number of halogens is 1. The highest BCUT2D eigenvalue weighted by Crippen LogP contribution is 2.24. The molecule has 2 unspecified atom stereocenters. The lowest BCUT2D eigenvalue weighted by atomic mass is 10.1. The normalized spacial score (nSPS) is 24.7. The van der Waals surface area contributed by atoms with Crippen molar-refractivity contribution in [3.63, 3.8) is 0 Å². The van der Waals surface area contributed by atoms with Gasteiger partial charge in [-0.3, -0.25) is 0 Å². The van der Waals surface area contributed by atoms with Crippen LogP contribution in [0, 0.1) is 12.8 Å². The summed E-state index contributed by atoms with van der Waals surface area (Å²) < 4.78 is 1.06. The van der Waals surface area contributed by atoms with Gasteiger partial charge >= 0.3 is 0 Å². The van der Waals surface area contributed by atoms with Gasteiger partial charge < -0.3 is 11.1 Å². The maximum Gasteiger partial charge on any atom is 0.126 e. The lowest BCUT2D eigenvalue weighted by molar-refractivity contribution is 0.565. The van der Waals surface area contributed by atoms with Crippen LogP contribution in [0.3, 0.4) is 0 Å². The second-order valence-corrected chi connectivity index (χ2v) is 5.49. The first kappa shape index (κ1) is 11.9. The van der Waals surface area contributed by atoms with Gasteiger partial charge in [-0.05, 0) is 59.7 Å². The molecule has 3 N–H and O–H groups in total. The topological polar surface area (TPSA) is 50.9 Å². The molecule has 2 rings (SSSR count). The molecule has 3 nitrogen and oxygen atoms in total. The van der Waals surface area contributed by atoms with Gasteiger partial charge in [0.05, 0.1) is 0 Å². The van der Waals surface area contributed by atoms with E-state index in [1.165, 1.54) is 18.4 Å². The first-order chi connectivity index (χ1) is 7.65. The van der Waals surface area contributed by atoms with Crippen molar-refractivity contribution in [3.05, 3.63) is 22.3 Å². The zero-order valence-electron chi connectivity index (χ0n) is 9.54. The Morgan fingerprint density at radius 1 is 1.56 bits per heavy atom. The van der Waals surface area contributed by atoms with Crippen molar-refractivity contribution in [2.75, 3.05) is 11.9 Å². The van der Waals surface area contributed by atoms with E-state index in [0.29, 0.717) is 12.0 Å². The summed E-state index contributed by atoms with van der Waals surface area (Å²) in [7, 11) is 0. The number of nitrogens with zero attached hydrogens (tertiary/aromatic N) is 1. The minimum Gasteiger partial charge on any atom is -0.370 e. The average molecular weight is 284 g/mol. The van der Waals surface area contributed by atoms with Gasteiger partial charge in [-0.1, -0.05) is 0 Å². The molecule has 0 bridgehead atoms. The SMILES string of the molecule is Cc1cc(NCC2CCC(N)C2)ncc1Br. The molecule has 1 heterocycles. The summed E-state index contributed by atoms with van der Waals surface area (Å²) in [6.07, 6.45) is 5.39. The number of pyridine rings is 1. The number of hydrogen-bond donors (Lipinski definition) is 2.